The smallest absolute Gasteiger partial charge is 0.356 e. The quantitative estimate of drug-likeness (QED) is 0.318. The minimum atomic E-state index is -1.10. The number of carboxylic acid groups (broad SMARTS) is 3. The molecule has 0 aliphatic rings. The minimum absolute atomic E-state index is 0. The normalized spacial score (nSPS) is 8.90. The summed E-state index contributed by atoms with van der Waals surface area (Å²) >= 11 is 0. The van der Waals surface area contributed by atoms with Gasteiger partial charge in [-0.3, -0.25) is 0 Å². The maximum absolute atomic E-state index is 10.3. The number of hydrogen-bond donors (Lipinski definition) is 6. The number of nitrogens with two attached hydrogens (primary N) is 3. The molecule has 0 bridgehead atoms. The standard InChI is InChI=1S/3C6H6N2O2.Cr/c3*7-4-2-1-3-8-5(4)6(9)10;/h3*1-3H,7H2,(H,9,10);. The third-order valence-corrected chi connectivity index (χ3v) is 3.12. The van der Waals surface area contributed by atoms with Crippen LogP contribution in [0.5, 0.6) is 0 Å². The first kappa shape index (κ1) is 26.8. The summed E-state index contributed by atoms with van der Waals surface area (Å²) in [6, 6.07) is 9.24. The van der Waals surface area contributed by atoms with Crippen molar-refractivity contribution in [2.24, 2.45) is 0 Å². The summed E-state index contributed by atoms with van der Waals surface area (Å²) in [6.07, 6.45) is 4.17. The maximum Gasteiger partial charge on any atom is 0.356 e. The number of nitrogens with zero attached hydrogens (tertiary/aromatic N) is 3. The SMILES string of the molecule is Nc1cccnc1C(=O)O.Nc1cccnc1C(=O)O.Nc1cccnc1C(=O)O.[Cr]. The van der Waals surface area contributed by atoms with E-state index in [4.69, 9.17) is 32.5 Å². The Bertz CT molecular complexity index is 917. The molecule has 0 saturated heterocycles. The molecular weight excluding hydrogens is 448 g/mol. The summed E-state index contributed by atoms with van der Waals surface area (Å²) in [4.78, 5) is 41.5. The molecule has 0 atom stereocenters. The predicted octanol–water partition coefficient (Wildman–Crippen LogP) is 1.08. The molecule has 3 aromatic rings. The first-order chi connectivity index (χ1) is 14.1. The fraction of sp³-hybridized carbons (Fsp3) is 0. The van der Waals surface area contributed by atoms with Crippen molar-refractivity contribution in [1.29, 1.82) is 0 Å². The summed E-state index contributed by atoms with van der Waals surface area (Å²) in [6.45, 7) is 0. The Morgan fingerprint density at radius 3 is 0.935 bits per heavy atom. The summed E-state index contributed by atoms with van der Waals surface area (Å²) in [7, 11) is 0. The van der Waals surface area contributed by atoms with Gasteiger partial charge >= 0.3 is 17.9 Å². The topological polar surface area (TPSA) is 229 Å². The molecule has 0 aromatic carbocycles. The van der Waals surface area contributed by atoms with Crippen molar-refractivity contribution in [2.45, 2.75) is 0 Å². The van der Waals surface area contributed by atoms with Crippen LogP contribution in [0.15, 0.2) is 55.0 Å². The van der Waals surface area contributed by atoms with Gasteiger partial charge in [-0.1, -0.05) is 0 Å². The maximum atomic E-state index is 10.3. The van der Waals surface area contributed by atoms with Crippen molar-refractivity contribution in [3.8, 4) is 0 Å². The van der Waals surface area contributed by atoms with E-state index in [1.165, 1.54) is 36.8 Å². The van der Waals surface area contributed by atoms with Crippen LogP contribution in [-0.4, -0.2) is 48.2 Å². The van der Waals surface area contributed by atoms with Crippen molar-refractivity contribution < 1.29 is 47.1 Å². The zero-order chi connectivity index (χ0) is 22.7. The average molecular weight is 466 g/mol. The second kappa shape index (κ2) is 13.1. The van der Waals surface area contributed by atoms with Crippen LogP contribution >= 0.6 is 0 Å². The molecule has 13 heteroatoms. The number of hydrogen-bond acceptors (Lipinski definition) is 9. The second-order valence-corrected chi connectivity index (χ2v) is 5.24. The molecule has 31 heavy (non-hydrogen) atoms. The van der Waals surface area contributed by atoms with Crippen molar-refractivity contribution in [2.75, 3.05) is 17.2 Å². The van der Waals surface area contributed by atoms with E-state index in [-0.39, 0.29) is 51.5 Å². The minimum Gasteiger partial charge on any atom is -0.476 e. The van der Waals surface area contributed by atoms with Crippen LogP contribution in [0.3, 0.4) is 0 Å². The predicted molar refractivity (Wildman–Crippen MR) is 107 cm³/mol. The van der Waals surface area contributed by atoms with E-state index in [1.807, 2.05) is 0 Å². The van der Waals surface area contributed by atoms with Gasteiger partial charge in [0.2, 0.25) is 0 Å². The number of carboxylic acids is 3. The van der Waals surface area contributed by atoms with Gasteiger partial charge < -0.3 is 32.5 Å². The zero-order valence-corrected chi connectivity index (χ0v) is 17.0. The molecule has 0 radical (unpaired) electrons. The molecule has 0 aliphatic carbocycles. The van der Waals surface area contributed by atoms with Crippen LogP contribution in [0.4, 0.5) is 17.1 Å². The molecule has 3 heterocycles. The van der Waals surface area contributed by atoms with Crippen LogP contribution < -0.4 is 17.2 Å². The molecule has 0 fully saturated rings. The average Bonchev–Trinajstić information content (AvgIpc) is 2.69. The van der Waals surface area contributed by atoms with Crippen LogP contribution in [0.25, 0.3) is 0 Å². The van der Waals surface area contributed by atoms with Crippen molar-refractivity contribution in [3.05, 3.63) is 72.1 Å². The Morgan fingerprint density at radius 1 is 0.581 bits per heavy atom. The fourth-order valence-electron chi connectivity index (χ4n) is 1.79. The van der Waals surface area contributed by atoms with Gasteiger partial charge in [0.15, 0.2) is 17.1 Å². The van der Waals surface area contributed by atoms with E-state index < -0.39 is 17.9 Å². The number of anilines is 3. The first-order valence-electron chi connectivity index (χ1n) is 7.96. The Balaban J connectivity index is 0.000000429. The molecule has 3 rings (SSSR count). The Morgan fingerprint density at radius 2 is 0.806 bits per heavy atom. The van der Waals surface area contributed by atoms with Crippen LogP contribution in [0, 0.1) is 0 Å². The summed E-state index contributed by atoms with van der Waals surface area (Å²) in [5.41, 5.74) is 16.1. The van der Waals surface area contributed by atoms with E-state index in [1.54, 1.807) is 18.2 Å². The van der Waals surface area contributed by atoms with Gasteiger partial charge in [0.1, 0.15) is 0 Å². The fourth-order valence-corrected chi connectivity index (χ4v) is 1.79. The van der Waals surface area contributed by atoms with Gasteiger partial charge in [-0.2, -0.15) is 0 Å². The molecule has 0 saturated carbocycles. The van der Waals surface area contributed by atoms with Crippen molar-refractivity contribution in [1.82, 2.24) is 15.0 Å². The van der Waals surface area contributed by atoms with E-state index in [0.717, 1.165) is 0 Å². The summed E-state index contributed by atoms with van der Waals surface area (Å²) in [5, 5.41) is 25.3. The third-order valence-electron chi connectivity index (χ3n) is 3.12. The monoisotopic (exact) mass is 466 g/mol. The van der Waals surface area contributed by atoms with Crippen LogP contribution in [0.2, 0.25) is 0 Å². The number of carbonyl (C=O) groups is 3. The molecule has 162 valence electrons. The van der Waals surface area contributed by atoms with Crippen LogP contribution in [-0.2, 0) is 17.4 Å². The number of nitrogen functional groups attached to an aromatic ring is 3. The van der Waals surface area contributed by atoms with Gasteiger partial charge in [-0.05, 0) is 36.4 Å². The summed E-state index contributed by atoms with van der Waals surface area (Å²) < 4.78 is 0. The van der Waals surface area contributed by atoms with Crippen molar-refractivity contribution >= 4 is 35.0 Å². The largest absolute Gasteiger partial charge is 0.476 e. The van der Waals surface area contributed by atoms with E-state index >= 15 is 0 Å². The molecule has 0 aliphatic heterocycles. The first-order valence-corrected chi connectivity index (χ1v) is 7.96. The zero-order valence-electron chi connectivity index (χ0n) is 15.7. The molecule has 12 nitrogen and oxygen atoms in total. The van der Waals surface area contributed by atoms with E-state index in [2.05, 4.69) is 15.0 Å². The second-order valence-electron chi connectivity index (χ2n) is 5.24. The van der Waals surface area contributed by atoms with Gasteiger partial charge in [0.25, 0.3) is 0 Å². The van der Waals surface area contributed by atoms with E-state index in [0.29, 0.717) is 0 Å². The molecule has 3 aromatic heterocycles. The van der Waals surface area contributed by atoms with Gasteiger partial charge in [0.05, 0.1) is 17.1 Å². The van der Waals surface area contributed by atoms with E-state index in [9.17, 15) is 14.4 Å². The van der Waals surface area contributed by atoms with Gasteiger partial charge in [-0.15, -0.1) is 0 Å². The molecule has 0 amide bonds. The molecule has 9 N–H and O–H groups in total. The summed E-state index contributed by atoms with van der Waals surface area (Å²) in [5.74, 6) is -3.30. The van der Waals surface area contributed by atoms with Gasteiger partial charge in [-0.25, -0.2) is 29.3 Å². The number of rotatable bonds is 3. The molecule has 0 unspecified atom stereocenters. The number of pyridine rings is 3. The molecular formula is C18H18CrN6O6. The van der Waals surface area contributed by atoms with Crippen LogP contribution in [0.1, 0.15) is 31.5 Å². The van der Waals surface area contributed by atoms with Gasteiger partial charge in [0, 0.05) is 36.0 Å². The Kier molecular flexibility index (Phi) is 11.3. The van der Waals surface area contributed by atoms with Crippen molar-refractivity contribution in [3.63, 3.8) is 0 Å². The Labute approximate surface area is 186 Å². The Hall–Kier alpha value is -4.21. The third kappa shape index (κ3) is 8.77. The number of aromatic carboxylic acids is 3. The molecule has 0 spiro atoms. The number of aromatic nitrogens is 3.